The molecular weight excluding hydrogens is 586 g/mol. The predicted octanol–water partition coefficient (Wildman–Crippen LogP) is 5.87. The molecule has 1 fully saturated rings. The fraction of sp³-hybridized carbons (Fsp3) is 0.276. The summed E-state index contributed by atoms with van der Waals surface area (Å²) in [4.78, 5) is 15.4. The Balaban J connectivity index is 1.52. The summed E-state index contributed by atoms with van der Waals surface area (Å²) in [5, 5.41) is 21.4. The Labute approximate surface area is 245 Å². The number of carboxylic acid groups (broad SMARTS) is 1. The van der Waals surface area contributed by atoms with Gasteiger partial charge in [0.25, 0.3) is 0 Å². The largest absolute Gasteiger partial charge is 0.501 e. The van der Waals surface area contributed by atoms with Crippen LogP contribution in [-0.2, 0) is 32.2 Å². The molecule has 218 valence electrons. The average Bonchev–Trinajstić information content (AvgIpc) is 3.51. The molecule has 1 saturated carbocycles. The second-order valence-electron chi connectivity index (χ2n) is 10.5. The minimum atomic E-state index is -3.99. The van der Waals surface area contributed by atoms with Crippen molar-refractivity contribution in [1.29, 1.82) is 0 Å². The molecule has 4 N–H and O–H groups in total. The zero-order valence-corrected chi connectivity index (χ0v) is 23.9. The number of ether oxygens (including phenoxy) is 1. The number of carboxylic acids is 1. The highest BCUT2D eigenvalue weighted by molar-refractivity contribution is 7.95. The Kier molecular flexibility index (Phi) is 7.51. The maximum Gasteiger partial charge on any atom is 0.355 e. The fourth-order valence-electron chi connectivity index (χ4n) is 5.10. The summed E-state index contributed by atoms with van der Waals surface area (Å²) in [7, 11) is -3.99. The van der Waals surface area contributed by atoms with Crippen LogP contribution in [0.25, 0.3) is 22.0 Å². The number of thiazole rings is 1. The van der Waals surface area contributed by atoms with E-state index in [1.165, 1.54) is 29.6 Å². The highest BCUT2D eigenvalue weighted by atomic mass is 32.3. The molecule has 1 atom stereocenters. The Morgan fingerprint density at radius 3 is 2.64 bits per heavy atom. The summed E-state index contributed by atoms with van der Waals surface area (Å²) in [6, 6.07) is 8.63. The number of aromatic carboxylic acids is 1. The van der Waals surface area contributed by atoms with E-state index in [1.807, 2.05) is 0 Å². The first-order valence-corrected chi connectivity index (χ1v) is 15.8. The SMILES string of the molecule is N[S+](=O)(O)c1ccc(Cc2c(-c3ccc(F)c(C4=COCCC4)c3)nn(-c3nc(C(=O)O)cs3)c2CC2CC2)cc1F. The molecule has 0 radical (unpaired) electrons. The van der Waals surface area contributed by atoms with Crippen LogP contribution in [0.3, 0.4) is 0 Å². The van der Waals surface area contributed by atoms with Crippen LogP contribution in [0.5, 0.6) is 0 Å². The van der Waals surface area contributed by atoms with Gasteiger partial charge in [-0.05, 0) is 77.6 Å². The van der Waals surface area contributed by atoms with Crippen LogP contribution >= 0.6 is 11.3 Å². The van der Waals surface area contributed by atoms with Gasteiger partial charge in [0.05, 0.1) is 24.3 Å². The minimum absolute atomic E-state index is 0.105. The molecule has 4 aromatic rings. The van der Waals surface area contributed by atoms with Gasteiger partial charge in [-0.25, -0.2) is 23.2 Å². The lowest BCUT2D eigenvalue weighted by Crippen LogP contribution is -2.22. The van der Waals surface area contributed by atoms with Crippen LogP contribution in [0.2, 0.25) is 0 Å². The molecule has 0 saturated heterocycles. The van der Waals surface area contributed by atoms with Crippen molar-refractivity contribution in [3.8, 4) is 16.4 Å². The van der Waals surface area contributed by atoms with Crippen LogP contribution in [0.15, 0.2) is 52.9 Å². The molecule has 2 aromatic heterocycles. The van der Waals surface area contributed by atoms with Gasteiger partial charge < -0.3 is 9.84 Å². The molecule has 2 aliphatic rings. The highest BCUT2D eigenvalue weighted by Gasteiger charge is 2.31. The second kappa shape index (κ2) is 11.1. The minimum Gasteiger partial charge on any atom is -0.501 e. The van der Waals surface area contributed by atoms with Crippen molar-refractivity contribution >= 4 is 33.3 Å². The molecule has 0 spiro atoms. The van der Waals surface area contributed by atoms with Crippen molar-refractivity contribution in [3.05, 3.63) is 87.8 Å². The van der Waals surface area contributed by atoms with Gasteiger partial charge in [0.15, 0.2) is 11.5 Å². The van der Waals surface area contributed by atoms with Gasteiger partial charge in [0.1, 0.15) is 5.82 Å². The summed E-state index contributed by atoms with van der Waals surface area (Å²) < 4.78 is 58.6. The lowest BCUT2D eigenvalue weighted by molar-refractivity contribution is 0.0691. The lowest BCUT2D eigenvalue weighted by atomic mass is 9.94. The molecule has 0 amide bonds. The number of hydrogen-bond donors (Lipinski definition) is 3. The number of halogens is 2. The van der Waals surface area contributed by atoms with Gasteiger partial charge in [-0.15, -0.1) is 16.5 Å². The zero-order chi connectivity index (χ0) is 29.6. The second-order valence-corrected chi connectivity index (χ2v) is 12.9. The van der Waals surface area contributed by atoms with Crippen LogP contribution in [0.1, 0.15) is 58.6 Å². The normalized spacial score (nSPS) is 16.5. The number of benzene rings is 2. The summed E-state index contributed by atoms with van der Waals surface area (Å²) in [6.07, 6.45) is 5.88. The molecule has 42 heavy (non-hydrogen) atoms. The monoisotopic (exact) mass is 613 g/mol. The molecule has 0 bridgehead atoms. The third-order valence-electron chi connectivity index (χ3n) is 7.37. The van der Waals surface area contributed by atoms with E-state index in [0.717, 1.165) is 47.4 Å². The van der Waals surface area contributed by atoms with E-state index < -0.39 is 32.9 Å². The third kappa shape index (κ3) is 5.77. The molecule has 1 aliphatic carbocycles. The van der Waals surface area contributed by atoms with Gasteiger partial charge in [0, 0.05) is 34.6 Å². The molecule has 13 heteroatoms. The Morgan fingerprint density at radius 2 is 2.00 bits per heavy atom. The maximum atomic E-state index is 15.0. The quantitative estimate of drug-likeness (QED) is 0.201. The molecule has 1 unspecified atom stereocenters. The number of allylic oxidation sites excluding steroid dienone is 1. The number of aromatic nitrogens is 3. The topological polar surface area (TPSA) is 141 Å². The van der Waals surface area contributed by atoms with Crippen molar-refractivity contribution in [2.45, 2.75) is 43.4 Å². The van der Waals surface area contributed by atoms with Crippen molar-refractivity contribution < 1.29 is 32.2 Å². The van der Waals surface area contributed by atoms with E-state index >= 15 is 4.39 Å². The summed E-state index contributed by atoms with van der Waals surface area (Å²) in [5.41, 5.74) is 4.21. The first-order chi connectivity index (χ1) is 20.1. The van der Waals surface area contributed by atoms with E-state index in [0.29, 0.717) is 52.9 Å². The van der Waals surface area contributed by atoms with E-state index in [4.69, 9.17) is 15.0 Å². The third-order valence-corrected chi connectivity index (χ3v) is 9.15. The van der Waals surface area contributed by atoms with Gasteiger partial charge >= 0.3 is 16.4 Å². The van der Waals surface area contributed by atoms with Crippen LogP contribution < -0.4 is 5.14 Å². The fourth-order valence-corrected chi connectivity index (χ4v) is 6.48. The van der Waals surface area contributed by atoms with Crippen LogP contribution in [0, 0.1) is 17.6 Å². The standard InChI is InChI=1S/C29H26F2N4O5S2/c30-22-7-6-18(13-20(22)19-2-1-9-40-14-19)27-21(10-17-5-8-26(23(31)11-17)42(32,38)39)25(12-16-3-4-16)35(34-27)29-33-24(15-41-29)28(36)37/h5-8,11,13-16H,1-4,9-10,12H2,(H3-,32,36,37,38,39)/p+1. The number of hydrogen-bond acceptors (Lipinski definition) is 6. The molecule has 6 rings (SSSR count). The smallest absolute Gasteiger partial charge is 0.355 e. The lowest BCUT2D eigenvalue weighted by Gasteiger charge is -2.15. The number of carbonyl (C=O) groups is 1. The zero-order valence-electron chi connectivity index (χ0n) is 22.3. The van der Waals surface area contributed by atoms with Crippen LogP contribution in [0.4, 0.5) is 8.78 Å². The first kappa shape index (κ1) is 28.3. The predicted molar refractivity (Wildman–Crippen MR) is 154 cm³/mol. The molecule has 9 nitrogen and oxygen atoms in total. The average molecular weight is 614 g/mol. The molecular formula is C29H27F2N4O5S2+. The Morgan fingerprint density at radius 1 is 1.19 bits per heavy atom. The Bertz CT molecular complexity index is 1770. The summed E-state index contributed by atoms with van der Waals surface area (Å²) >= 11 is 1.14. The van der Waals surface area contributed by atoms with Gasteiger partial charge in [-0.2, -0.15) is 9.65 Å². The molecule has 1 aliphatic heterocycles. The number of rotatable bonds is 9. The van der Waals surface area contributed by atoms with Gasteiger partial charge in [0.2, 0.25) is 10.0 Å². The van der Waals surface area contributed by atoms with Crippen molar-refractivity contribution in [1.82, 2.24) is 14.8 Å². The van der Waals surface area contributed by atoms with E-state index in [2.05, 4.69) is 4.98 Å². The molecule has 2 aromatic carbocycles. The summed E-state index contributed by atoms with van der Waals surface area (Å²) in [5.74, 6) is -2.06. The van der Waals surface area contributed by atoms with Crippen molar-refractivity contribution in [2.24, 2.45) is 11.1 Å². The highest BCUT2D eigenvalue weighted by Crippen LogP contribution is 2.39. The van der Waals surface area contributed by atoms with E-state index in [9.17, 15) is 23.1 Å². The number of nitrogens with zero attached hydrogens (tertiary/aromatic N) is 3. The Hall–Kier alpha value is -3.78. The van der Waals surface area contributed by atoms with E-state index in [1.54, 1.807) is 23.1 Å². The summed E-state index contributed by atoms with van der Waals surface area (Å²) in [6.45, 7) is 0.570. The molecule has 3 heterocycles. The maximum absolute atomic E-state index is 15.0. The first-order valence-electron chi connectivity index (χ1n) is 13.3. The van der Waals surface area contributed by atoms with Gasteiger partial charge in [-0.3, -0.25) is 0 Å². The van der Waals surface area contributed by atoms with Crippen molar-refractivity contribution in [3.63, 3.8) is 0 Å². The van der Waals surface area contributed by atoms with Crippen molar-refractivity contribution in [2.75, 3.05) is 6.61 Å². The van der Waals surface area contributed by atoms with Gasteiger partial charge in [-0.1, -0.05) is 6.07 Å². The van der Waals surface area contributed by atoms with E-state index in [-0.39, 0.29) is 12.1 Å². The number of nitrogens with two attached hydrogens (primary N) is 1. The van der Waals surface area contributed by atoms with Crippen LogP contribution in [-0.4, -0.2) is 37.0 Å².